The van der Waals surface area contributed by atoms with E-state index in [1.54, 1.807) is 0 Å². The third-order valence-corrected chi connectivity index (χ3v) is 4.97. The summed E-state index contributed by atoms with van der Waals surface area (Å²) in [7, 11) is 6.57. The summed E-state index contributed by atoms with van der Waals surface area (Å²) in [4.78, 5) is 16.7. The van der Waals surface area contributed by atoms with Crippen LogP contribution in [-0.2, 0) is 0 Å². The van der Waals surface area contributed by atoms with Crippen LogP contribution in [0.15, 0.2) is 48.2 Å². The number of benzene rings is 1. The van der Waals surface area contributed by atoms with Crippen LogP contribution in [-0.4, -0.2) is 38.4 Å². The number of anilines is 1. The Balaban J connectivity index is 2.21. The lowest BCUT2D eigenvalue weighted by atomic mass is 10.1. The largest absolute Gasteiger partial charge is 0.626 e. The average molecular weight is 288 g/mol. The lowest BCUT2D eigenvalue weighted by Crippen LogP contribution is -2.16. The van der Waals surface area contributed by atoms with Gasteiger partial charge in [0.2, 0.25) is 0 Å². The van der Waals surface area contributed by atoms with Crippen LogP contribution < -0.4 is 15.1 Å². The van der Waals surface area contributed by atoms with Crippen LogP contribution in [0.4, 0.5) is 5.69 Å². The molecule has 0 saturated carbocycles. The van der Waals surface area contributed by atoms with Crippen LogP contribution in [0.5, 0.6) is 0 Å². The zero-order chi connectivity index (χ0) is 14.7. The van der Waals surface area contributed by atoms with E-state index in [0.29, 0.717) is 0 Å². The van der Waals surface area contributed by atoms with Gasteiger partial charge in [-0.15, -0.1) is 0 Å². The van der Waals surface area contributed by atoms with Crippen LogP contribution in [0.2, 0.25) is 0 Å². The molecule has 0 aromatic heterocycles. The quantitative estimate of drug-likeness (QED) is 0.793. The molecule has 0 saturated heterocycles. The highest BCUT2D eigenvalue weighted by Crippen LogP contribution is 2.22. The zero-order valence-electron chi connectivity index (χ0n) is 12.5. The van der Waals surface area contributed by atoms with Gasteiger partial charge in [-0.05, 0) is 36.4 Å². The molecule has 1 aromatic carbocycles. The molecule has 0 bridgehead atoms. The molecule has 106 valence electrons. The van der Waals surface area contributed by atoms with Gasteiger partial charge < -0.3 is 14.7 Å². The smallest absolute Gasteiger partial charge is 0.145 e. The standard InChI is InChI=1S/C16H21N2OP/c1-17(2)13-5-9-15(10-6-13)20(19)16-11-7-14(8-12-16)18(3)4/h5-11H,12H2,1-4H3. The van der Waals surface area contributed by atoms with Gasteiger partial charge in [-0.2, -0.15) is 0 Å². The summed E-state index contributed by atoms with van der Waals surface area (Å²) < 4.78 is 0. The molecule has 1 aliphatic rings. The Morgan fingerprint density at radius 3 is 2.05 bits per heavy atom. The fourth-order valence-electron chi connectivity index (χ4n) is 2.06. The maximum Gasteiger partial charge on any atom is 0.145 e. The lowest BCUT2D eigenvalue weighted by molar-refractivity contribution is -0.149. The van der Waals surface area contributed by atoms with Gasteiger partial charge in [0.05, 0.1) is 7.77 Å². The summed E-state index contributed by atoms with van der Waals surface area (Å²) in [6, 6.07) is 7.94. The van der Waals surface area contributed by atoms with Crippen molar-refractivity contribution in [2.24, 2.45) is 0 Å². The lowest BCUT2D eigenvalue weighted by Gasteiger charge is -2.17. The van der Waals surface area contributed by atoms with Crippen molar-refractivity contribution in [2.45, 2.75) is 6.42 Å². The van der Waals surface area contributed by atoms with Gasteiger partial charge in [-0.3, -0.25) is 0 Å². The Kier molecular flexibility index (Phi) is 4.64. The number of rotatable bonds is 3. The van der Waals surface area contributed by atoms with Crippen molar-refractivity contribution in [3.8, 4) is 0 Å². The van der Waals surface area contributed by atoms with E-state index < -0.39 is 7.77 Å². The second-order valence-electron chi connectivity index (χ2n) is 5.26. The SMILES string of the molecule is CN(C)C1=CCC(=[P+]([O-])c2ccc(N(C)C)cc2)C=C1. The minimum Gasteiger partial charge on any atom is -0.626 e. The molecular formula is C16H21N2OP. The Hall–Kier alpha value is -1.57. The van der Waals surface area contributed by atoms with Crippen molar-refractivity contribution in [1.29, 1.82) is 0 Å². The van der Waals surface area contributed by atoms with Crippen LogP contribution >= 0.6 is 7.77 Å². The maximum absolute atomic E-state index is 12.6. The molecule has 1 aliphatic carbocycles. The third kappa shape index (κ3) is 3.30. The summed E-state index contributed by atoms with van der Waals surface area (Å²) in [6.45, 7) is 0. The first-order valence-electron chi connectivity index (χ1n) is 6.65. The van der Waals surface area contributed by atoms with Crippen molar-refractivity contribution >= 4 is 24.1 Å². The molecule has 2 rings (SSSR count). The van der Waals surface area contributed by atoms with E-state index in [1.807, 2.05) is 69.5 Å². The van der Waals surface area contributed by atoms with E-state index in [-0.39, 0.29) is 0 Å². The van der Waals surface area contributed by atoms with Crippen LogP contribution in [0.25, 0.3) is 0 Å². The highest BCUT2D eigenvalue weighted by molar-refractivity contribution is 7.60. The van der Waals surface area contributed by atoms with E-state index >= 15 is 0 Å². The highest BCUT2D eigenvalue weighted by Gasteiger charge is 2.13. The van der Waals surface area contributed by atoms with Crippen molar-refractivity contribution in [3.63, 3.8) is 0 Å². The first-order chi connectivity index (χ1) is 9.49. The molecule has 1 unspecified atom stereocenters. The molecule has 4 heteroatoms. The molecule has 3 nitrogen and oxygen atoms in total. The summed E-state index contributed by atoms with van der Waals surface area (Å²) in [5.74, 6) is 0. The Morgan fingerprint density at radius 2 is 1.60 bits per heavy atom. The molecule has 20 heavy (non-hydrogen) atoms. The summed E-state index contributed by atoms with van der Waals surface area (Å²) in [6.07, 6.45) is 6.90. The summed E-state index contributed by atoms with van der Waals surface area (Å²) in [5.41, 5.74) is 2.29. The first-order valence-corrected chi connectivity index (χ1v) is 7.91. The number of likely N-dealkylation sites (N-methyl/N-ethyl adjacent to an activating group) is 1. The predicted molar refractivity (Wildman–Crippen MR) is 87.9 cm³/mol. The topological polar surface area (TPSA) is 29.5 Å². The summed E-state index contributed by atoms with van der Waals surface area (Å²) >= 11 is 0. The van der Waals surface area contributed by atoms with Gasteiger partial charge in [0, 0.05) is 46.0 Å². The molecule has 0 spiro atoms. The number of hydrogen-bond donors (Lipinski definition) is 0. The normalized spacial score (nSPS) is 16.8. The molecular weight excluding hydrogens is 267 g/mol. The third-order valence-electron chi connectivity index (χ3n) is 3.34. The predicted octanol–water partition coefficient (Wildman–Crippen LogP) is 1.71. The second-order valence-corrected chi connectivity index (χ2v) is 6.94. The Bertz CT molecular complexity index is 569. The molecule has 0 radical (unpaired) electrons. The van der Waals surface area contributed by atoms with Crippen LogP contribution in [0.3, 0.4) is 0 Å². The molecule has 0 N–H and O–H groups in total. The van der Waals surface area contributed by atoms with Crippen molar-refractivity contribution in [1.82, 2.24) is 4.90 Å². The first kappa shape index (κ1) is 14.8. The fraction of sp³-hybridized carbons (Fsp3) is 0.312. The Morgan fingerprint density at radius 1 is 0.950 bits per heavy atom. The Labute approximate surface area is 122 Å². The second kappa shape index (κ2) is 6.25. The van der Waals surface area contributed by atoms with Gasteiger partial charge in [0.1, 0.15) is 10.6 Å². The maximum atomic E-state index is 12.6. The van der Waals surface area contributed by atoms with Crippen LogP contribution in [0.1, 0.15) is 6.42 Å². The zero-order valence-corrected chi connectivity index (χ0v) is 13.4. The van der Waals surface area contributed by atoms with E-state index in [2.05, 4.69) is 11.0 Å². The van der Waals surface area contributed by atoms with E-state index in [4.69, 9.17) is 0 Å². The molecule has 0 fully saturated rings. The average Bonchev–Trinajstić information content (AvgIpc) is 2.46. The molecule has 0 amide bonds. The summed E-state index contributed by atoms with van der Waals surface area (Å²) in [5, 5.41) is 1.88. The molecule has 1 atom stereocenters. The monoisotopic (exact) mass is 288 g/mol. The molecule has 0 aliphatic heterocycles. The number of hydrogen-bond acceptors (Lipinski definition) is 3. The van der Waals surface area contributed by atoms with Gasteiger partial charge >= 0.3 is 0 Å². The minimum atomic E-state index is -1.47. The van der Waals surface area contributed by atoms with Crippen LogP contribution in [0, 0.1) is 0 Å². The molecule has 1 aromatic rings. The number of nitrogens with zero attached hydrogens (tertiary/aromatic N) is 2. The van der Waals surface area contributed by atoms with Gasteiger partial charge in [-0.1, -0.05) is 6.08 Å². The fourth-order valence-corrected chi connectivity index (χ4v) is 3.28. The van der Waals surface area contributed by atoms with Gasteiger partial charge in [0.25, 0.3) is 0 Å². The van der Waals surface area contributed by atoms with Gasteiger partial charge in [0.15, 0.2) is 0 Å². The van der Waals surface area contributed by atoms with Crippen molar-refractivity contribution in [2.75, 3.05) is 33.1 Å². The van der Waals surface area contributed by atoms with Crippen molar-refractivity contribution < 1.29 is 4.89 Å². The van der Waals surface area contributed by atoms with Gasteiger partial charge in [-0.25, -0.2) is 0 Å². The molecule has 0 heterocycles. The van der Waals surface area contributed by atoms with E-state index in [0.717, 1.165) is 22.7 Å². The van der Waals surface area contributed by atoms with Crippen molar-refractivity contribution in [3.05, 3.63) is 48.2 Å². The minimum absolute atomic E-state index is 0.759. The van der Waals surface area contributed by atoms with E-state index in [9.17, 15) is 4.89 Å². The van der Waals surface area contributed by atoms with E-state index in [1.165, 1.54) is 5.70 Å². The highest BCUT2D eigenvalue weighted by atomic mass is 31.1. The number of allylic oxidation sites excluding steroid dienone is 3.